The lowest BCUT2D eigenvalue weighted by Gasteiger charge is -2.27. The lowest BCUT2D eigenvalue weighted by molar-refractivity contribution is -0.133. The second kappa shape index (κ2) is 6.82. The van der Waals surface area contributed by atoms with E-state index in [0.29, 0.717) is 11.0 Å². The highest BCUT2D eigenvalue weighted by molar-refractivity contribution is 7.91. The van der Waals surface area contributed by atoms with Crippen molar-refractivity contribution in [2.24, 2.45) is 12.8 Å². The third-order valence-electron chi connectivity index (χ3n) is 4.20. The molecule has 1 aliphatic rings. The monoisotopic (exact) mass is 372 g/mol. The molecule has 25 heavy (non-hydrogen) atoms. The van der Waals surface area contributed by atoms with E-state index in [0.717, 1.165) is 10.8 Å². The fourth-order valence-electron chi connectivity index (χ4n) is 2.92. The molecule has 0 radical (unpaired) electrons. The molecule has 0 aliphatic carbocycles. The molecule has 2 N–H and O–H groups in total. The summed E-state index contributed by atoms with van der Waals surface area (Å²) in [4.78, 5) is 49.6. The summed E-state index contributed by atoms with van der Waals surface area (Å²) >= 11 is 0. The maximum absolute atomic E-state index is 12.5. The topological polar surface area (TPSA) is 142 Å². The maximum atomic E-state index is 12.5. The SMILES string of the molecule is CCN(C(=O)Cn1c(=O)c(C(N)=O)cn(C)c1=O)C1CCS(=O)(=O)C1. The number of likely N-dealkylation sites (N-methyl/N-ethyl adjacent to an activating group) is 1. The summed E-state index contributed by atoms with van der Waals surface area (Å²) in [5, 5.41) is 0. The van der Waals surface area contributed by atoms with Crippen molar-refractivity contribution in [2.75, 3.05) is 18.1 Å². The van der Waals surface area contributed by atoms with Crippen LogP contribution in [0.25, 0.3) is 0 Å². The van der Waals surface area contributed by atoms with Crippen molar-refractivity contribution in [2.45, 2.75) is 25.9 Å². The van der Waals surface area contributed by atoms with Crippen LogP contribution in [-0.2, 0) is 28.2 Å². The summed E-state index contributed by atoms with van der Waals surface area (Å²) in [5.41, 5.74) is 3.01. The molecule has 0 spiro atoms. The Kier molecular flexibility index (Phi) is 5.16. The number of carbonyl (C=O) groups excluding carboxylic acids is 2. The van der Waals surface area contributed by atoms with Gasteiger partial charge in [-0.05, 0) is 13.3 Å². The minimum absolute atomic E-state index is 0.000319. The predicted octanol–water partition coefficient (Wildman–Crippen LogP) is -2.32. The number of nitrogens with zero attached hydrogens (tertiary/aromatic N) is 3. The summed E-state index contributed by atoms with van der Waals surface area (Å²) < 4.78 is 24.9. The summed E-state index contributed by atoms with van der Waals surface area (Å²) in [6.07, 6.45) is 1.34. The van der Waals surface area contributed by atoms with E-state index in [4.69, 9.17) is 5.73 Å². The Morgan fingerprint density at radius 2 is 2.00 bits per heavy atom. The number of sulfone groups is 1. The third-order valence-corrected chi connectivity index (χ3v) is 5.95. The van der Waals surface area contributed by atoms with E-state index in [-0.39, 0.29) is 18.1 Å². The van der Waals surface area contributed by atoms with Crippen LogP contribution in [0.4, 0.5) is 0 Å². The molecule has 0 bridgehead atoms. The van der Waals surface area contributed by atoms with E-state index >= 15 is 0 Å². The van der Waals surface area contributed by atoms with Gasteiger partial charge in [-0.3, -0.25) is 19.0 Å². The van der Waals surface area contributed by atoms with Gasteiger partial charge in [0.15, 0.2) is 9.84 Å². The number of aromatic nitrogens is 2. The first-order valence-electron chi connectivity index (χ1n) is 7.67. The van der Waals surface area contributed by atoms with Gasteiger partial charge < -0.3 is 15.2 Å². The van der Waals surface area contributed by atoms with E-state index in [1.54, 1.807) is 6.92 Å². The normalized spacial score (nSPS) is 18.9. The maximum Gasteiger partial charge on any atom is 0.331 e. The lowest BCUT2D eigenvalue weighted by atomic mass is 10.2. The standard InChI is InChI=1S/C14H20N4O6S/c1-3-17(9-4-5-25(23,24)8-9)11(19)7-18-13(21)10(12(15)20)6-16(2)14(18)22/h6,9H,3-5,7-8H2,1-2H3,(H2,15,20). The highest BCUT2D eigenvalue weighted by atomic mass is 32.2. The summed E-state index contributed by atoms with van der Waals surface area (Å²) in [6, 6.07) is -0.485. The van der Waals surface area contributed by atoms with Gasteiger partial charge in [0, 0.05) is 25.8 Å². The Labute approximate surface area is 143 Å². The largest absolute Gasteiger partial charge is 0.365 e. The second-order valence-corrected chi connectivity index (χ2v) is 8.16. The van der Waals surface area contributed by atoms with Crippen LogP contribution >= 0.6 is 0 Å². The highest BCUT2D eigenvalue weighted by Gasteiger charge is 2.34. The van der Waals surface area contributed by atoms with E-state index in [9.17, 15) is 27.6 Å². The fourth-order valence-corrected chi connectivity index (χ4v) is 4.65. The second-order valence-electron chi connectivity index (χ2n) is 5.93. The van der Waals surface area contributed by atoms with Crippen molar-refractivity contribution >= 4 is 21.7 Å². The molecule has 1 unspecified atom stereocenters. The number of carbonyl (C=O) groups is 2. The molecular formula is C14H20N4O6S. The Bertz CT molecular complexity index is 930. The van der Waals surface area contributed by atoms with Crippen molar-refractivity contribution < 1.29 is 18.0 Å². The molecule has 2 heterocycles. The van der Waals surface area contributed by atoms with Gasteiger partial charge in [0.2, 0.25) is 5.91 Å². The summed E-state index contributed by atoms with van der Waals surface area (Å²) in [5.74, 6) is -1.71. The van der Waals surface area contributed by atoms with Crippen molar-refractivity contribution in [3.63, 3.8) is 0 Å². The molecule has 0 saturated carbocycles. The van der Waals surface area contributed by atoms with Crippen LogP contribution in [0.2, 0.25) is 0 Å². The Morgan fingerprint density at radius 3 is 2.48 bits per heavy atom. The molecule has 0 aromatic carbocycles. The van der Waals surface area contributed by atoms with Gasteiger partial charge in [0.05, 0.1) is 11.5 Å². The first-order valence-corrected chi connectivity index (χ1v) is 9.49. The molecule has 1 aromatic heterocycles. The van der Waals surface area contributed by atoms with Crippen LogP contribution in [0.15, 0.2) is 15.8 Å². The Hall–Kier alpha value is -2.43. The van der Waals surface area contributed by atoms with Crippen molar-refractivity contribution in [3.8, 4) is 0 Å². The molecular weight excluding hydrogens is 352 g/mol. The van der Waals surface area contributed by atoms with Gasteiger partial charge in [0.25, 0.3) is 11.5 Å². The molecule has 2 amide bonds. The molecule has 1 saturated heterocycles. The summed E-state index contributed by atoms with van der Waals surface area (Å²) in [6.45, 7) is 1.34. The first kappa shape index (κ1) is 18.9. The number of amides is 2. The van der Waals surface area contributed by atoms with Crippen LogP contribution in [0, 0.1) is 0 Å². The van der Waals surface area contributed by atoms with Crippen LogP contribution in [-0.4, -0.2) is 58.4 Å². The minimum atomic E-state index is -3.19. The van der Waals surface area contributed by atoms with Gasteiger partial charge in [-0.15, -0.1) is 0 Å². The van der Waals surface area contributed by atoms with Crippen LogP contribution in [0.1, 0.15) is 23.7 Å². The van der Waals surface area contributed by atoms with Gasteiger partial charge in [0.1, 0.15) is 12.1 Å². The quantitative estimate of drug-likeness (QED) is 0.615. The smallest absolute Gasteiger partial charge is 0.331 e. The molecule has 1 fully saturated rings. The van der Waals surface area contributed by atoms with Gasteiger partial charge in [-0.1, -0.05) is 0 Å². The van der Waals surface area contributed by atoms with Crippen molar-refractivity contribution in [1.82, 2.24) is 14.0 Å². The molecule has 10 nitrogen and oxygen atoms in total. The van der Waals surface area contributed by atoms with E-state index in [1.165, 1.54) is 11.9 Å². The third kappa shape index (κ3) is 3.81. The number of primary amides is 1. The summed E-state index contributed by atoms with van der Waals surface area (Å²) in [7, 11) is -1.86. The number of rotatable bonds is 5. The first-order chi connectivity index (χ1) is 11.6. The van der Waals surface area contributed by atoms with Crippen molar-refractivity contribution in [1.29, 1.82) is 0 Å². The average molecular weight is 372 g/mol. The number of hydrogen-bond donors (Lipinski definition) is 1. The minimum Gasteiger partial charge on any atom is -0.365 e. The number of aryl methyl sites for hydroxylation is 1. The molecule has 2 rings (SSSR count). The molecule has 11 heteroatoms. The van der Waals surface area contributed by atoms with Crippen LogP contribution < -0.4 is 17.0 Å². The van der Waals surface area contributed by atoms with E-state index in [2.05, 4.69) is 0 Å². The zero-order valence-electron chi connectivity index (χ0n) is 14.0. The Balaban J connectivity index is 2.35. The molecule has 1 aliphatic heterocycles. The molecule has 1 atom stereocenters. The average Bonchev–Trinajstić information content (AvgIpc) is 2.87. The number of nitrogens with two attached hydrogens (primary N) is 1. The van der Waals surface area contributed by atoms with Gasteiger partial charge in [-0.25, -0.2) is 13.2 Å². The highest BCUT2D eigenvalue weighted by Crippen LogP contribution is 2.17. The number of hydrogen-bond acceptors (Lipinski definition) is 6. The van der Waals surface area contributed by atoms with E-state index < -0.39 is 51.1 Å². The van der Waals surface area contributed by atoms with Crippen LogP contribution in [0.5, 0.6) is 0 Å². The fraction of sp³-hybridized carbons (Fsp3) is 0.571. The molecule has 138 valence electrons. The van der Waals surface area contributed by atoms with Crippen molar-refractivity contribution in [3.05, 3.63) is 32.6 Å². The lowest BCUT2D eigenvalue weighted by Crippen LogP contribution is -2.48. The Morgan fingerprint density at radius 1 is 1.36 bits per heavy atom. The zero-order valence-corrected chi connectivity index (χ0v) is 14.8. The van der Waals surface area contributed by atoms with E-state index in [1.807, 2.05) is 0 Å². The van der Waals surface area contributed by atoms with Gasteiger partial charge >= 0.3 is 5.69 Å². The molecule has 1 aromatic rings. The predicted molar refractivity (Wildman–Crippen MR) is 88.9 cm³/mol. The zero-order chi connectivity index (χ0) is 18.9. The van der Waals surface area contributed by atoms with Crippen LogP contribution in [0.3, 0.4) is 0 Å². The van der Waals surface area contributed by atoms with Gasteiger partial charge in [-0.2, -0.15) is 0 Å².